The topological polar surface area (TPSA) is 99.2 Å². The maximum atomic E-state index is 12.7. The van der Waals surface area contributed by atoms with Crippen LogP contribution < -0.4 is 5.73 Å². The highest BCUT2D eigenvalue weighted by molar-refractivity contribution is 5.94. The number of likely N-dealkylation sites (tertiary alicyclic amines) is 1. The molecular weight excluding hydrogens is 296 g/mol. The largest absolute Gasteiger partial charge is 0.378 e. The van der Waals surface area contributed by atoms with Crippen LogP contribution in [0.25, 0.3) is 5.69 Å². The van der Waals surface area contributed by atoms with Crippen molar-refractivity contribution in [2.75, 3.05) is 20.2 Å². The van der Waals surface area contributed by atoms with Crippen molar-refractivity contribution in [1.29, 1.82) is 0 Å². The lowest BCUT2D eigenvalue weighted by Crippen LogP contribution is -2.53. The number of tetrazole rings is 1. The number of hydrogen-bond donors (Lipinski definition) is 1. The van der Waals surface area contributed by atoms with Crippen molar-refractivity contribution in [3.63, 3.8) is 0 Å². The van der Waals surface area contributed by atoms with Crippen molar-refractivity contribution in [3.8, 4) is 5.69 Å². The van der Waals surface area contributed by atoms with Gasteiger partial charge >= 0.3 is 0 Å². The first-order valence-electron chi connectivity index (χ1n) is 7.53. The van der Waals surface area contributed by atoms with E-state index in [0.29, 0.717) is 24.5 Å². The van der Waals surface area contributed by atoms with Gasteiger partial charge in [-0.05, 0) is 42.0 Å². The van der Waals surface area contributed by atoms with Gasteiger partial charge in [-0.2, -0.15) is 4.68 Å². The van der Waals surface area contributed by atoms with Crippen molar-refractivity contribution in [2.45, 2.75) is 25.5 Å². The first-order valence-corrected chi connectivity index (χ1v) is 7.53. The summed E-state index contributed by atoms with van der Waals surface area (Å²) in [4.78, 5) is 14.5. The Hall–Kier alpha value is -2.32. The van der Waals surface area contributed by atoms with E-state index in [2.05, 4.69) is 15.5 Å². The summed E-state index contributed by atoms with van der Waals surface area (Å²) in [5.74, 6) is 0.629. The molecule has 1 fully saturated rings. The Morgan fingerprint density at radius 3 is 2.96 bits per heavy atom. The Bertz CT molecular complexity index is 701. The lowest BCUT2D eigenvalue weighted by molar-refractivity contribution is 0.0162. The van der Waals surface area contributed by atoms with E-state index < -0.39 is 0 Å². The van der Waals surface area contributed by atoms with Crippen LogP contribution in [0.15, 0.2) is 24.3 Å². The van der Waals surface area contributed by atoms with E-state index in [1.54, 1.807) is 28.8 Å². The Kier molecular flexibility index (Phi) is 4.35. The number of piperidine rings is 1. The third-order valence-electron chi connectivity index (χ3n) is 4.16. The van der Waals surface area contributed by atoms with Gasteiger partial charge in [-0.15, -0.1) is 5.10 Å². The minimum absolute atomic E-state index is 0.0285. The summed E-state index contributed by atoms with van der Waals surface area (Å²) >= 11 is 0. The minimum Gasteiger partial charge on any atom is -0.378 e. The smallest absolute Gasteiger partial charge is 0.254 e. The molecule has 0 spiro atoms. The molecule has 0 aliphatic carbocycles. The summed E-state index contributed by atoms with van der Waals surface area (Å²) < 4.78 is 6.97. The van der Waals surface area contributed by atoms with Crippen molar-refractivity contribution < 1.29 is 9.53 Å². The van der Waals surface area contributed by atoms with Crippen LogP contribution in [0.4, 0.5) is 0 Å². The van der Waals surface area contributed by atoms with Crippen LogP contribution in [0.2, 0.25) is 0 Å². The second-order valence-corrected chi connectivity index (χ2v) is 5.67. The standard InChI is InChI=1S/C15H20N6O2/c1-10-17-18-19-21(10)12-5-3-4-11(8-12)15(22)20-7-6-13(16)14(9-20)23-2/h3-5,8,13-14H,6-7,9,16H2,1-2H3/t13-,14+/m1/s1. The van der Waals surface area contributed by atoms with Crippen molar-refractivity contribution in [1.82, 2.24) is 25.1 Å². The number of rotatable bonds is 3. The molecule has 1 saturated heterocycles. The van der Waals surface area contributed by atoms with E-state index in [-0.39, 0.29) is 18.1 Å². The predicted molar refractivity (Wildman–Crippen MR) is 83.2 cm³/mol. The Balaban J connectivity index is 1.82. The van der Waals surface area contributed by atoms with Gasteiger partial charge in [-0.3, -0.25) is 4.79 Å². The van der Waals surface area contributed by atoms with Gasteiger partial charge in [-0.25, -0.2) is 0 Å². The molecule has 122 valence electrons. The van der Waals surface area contributed by atoms with Crippen LogP contribution >= 0.6 is 0 Å². The normalized spacial score (nSPS) is 21.4. The number of nitrogens with two attached hydrogens (primary N) is 1. The fourth-order valence-corrected chi connectivity index (χ4v) is 2.79. The van der Waals surface area contributed by atoms with E-state index in [9.17, 15) is 4.79 Å². The molecule has 1 aliphatic rings. The van der Waals surface area contributed by atoms with Crippen LogP contribution in [0.3, 0.4) is 0 Å². The van der Waals surface area contributed by atoms with Crippen LogP contribution in [0, 0.1) is 6.92 Å². The van der Waals surface area contributed by atoms with Crippen LogP contribution in [0.5, 0.6) is 0 Å². The zero-order valence-electron chi connectivity index (χ0n) is 13.2. The number of nitrogens with zero attached hydrogens (tertiary/aromatic N) is 5. The molecule has 2 heterocycles. The summed E-state index contributed by atoms with van der Waals surface area (Å²) in [6.07, 6.45) is 0.605. The molecule has 1 amide bonds. The summed E-state index contributed by atoms with van der Waals surface area (Å²) in [6.45, 7) is 2.95. The Morgan fingerprint density at radius 1 is 1.43 bits per heavy atom. The third kappa shape index (κ3) is 3.08. The quantitative estimate of drug-likeness (QED) is 0.866. The Morgan fingerprint density at radius 2 is 2.26 bits per heavy atom. The molecule has 0 unspecified atom stereocenters. The number of hydrogen-bond acceptors (Lipinski definition) is 6. The summed E-state index contributed by atoms with van der Waals surface area (Å²) in [7, 11) is 1.62. The number of carbonyl (C=O) groups excluding carboxylic acids is 1. The lowest BCUT2D eigenvalue weighted by Gasteiger charge is -2.36. The van der Waals surface area contributed by atoms with Crippen molar-refractivity contribution in [3.05, 3.63) is 35.7 Å². The number of methoxy groups -OCH3 is 1. The van der Waals surface area contributed by atoms with Gasteiger partial charge < -0.3 is 15.4 Å². The SMILES string of the molecule is CO[C@H]1CN(C(=O)c2cccc(-n3nnnc3C)c2)CC[C@H]1N. The van der Waals surface area contributed by atoms with Gasteiger partial charge in [0, 0.05) is 31.8 Å². The van der Waals surface area contributed by atoms with E-state index in [0.717, 1.165) is 12.1 Å². The molecule has 0 bridgehead atoms. The molecule has 2 atom stereocenters. The van der Waals surface area contributed by atoms with E-state index in [1.807, 2.05) is 19.1 Å². The third-order valence-corrected chi connectivity index (χ3v) is 4.16. The van der Waals surface area contributed by atoms with E-state index in [1.165, 1.54) is 0 Å². The zero-order chi connectivity index (χ0) is 16.4. The second-order valence-electron chi connectivity index (χ2n) is 5.67. The fourth-order valence-electron chi connectivity index (χ4n) is 2.79. The summed E-state index contributed by atoms with van der Waals surface area (Å²) in [6, 6.07) is 7.25. The summed E-state index contributed by atoms with van der Waals surface area (Å²) in [5, 5.41) is 11.4. The Labute approximate surface area is 134 Å². The molecule has 8 heteroatoms. The number of benzene rings is 1. The number of ether oxygens (including phenoxy) is 1. The van der Waals surface area contributed by atoms with Crippen LogP contribution in [-0.2, 0) is 4.74 Å². The lowest BCUT2D eigenvalue weighted by atomic mass is 10.0. The highest BCUT2D eigenvalue weighted by Gasteiger charge is 2.29. The van der Waals surface area contributed by atoms with Gasteiger partial charge in [0.1, 0.15) is 0 Å². The highest BCUT2D eigenvalue weighted by Crippen LogP contribution is 2.17. The molecule has 2 N–H and O–H groups in total. The maximum absolute atomic E-state index is 12.7. The van der Waals surface area contributed by atoms with Crippen molar-refractivity contribution >= 4 is 5.91 Å². The molecule has 1 aromatic heterocycles. The maximum Gasteiger partial charge on any atom is 0.254 e. The first-order chi connectivity index (χ1) is 11.1. The monoisotopic (exact) mass is 316 g/mol. The zero-order valence-corrected chi connectivity index (χ0v) is 13.2. The van der Waals surface area contributed by atoms with E-state index >= 15 is 0 Å². The minimum atomic E-state index is -0.127. The average Bonchev–Trinajstić information content (AvgIpc) is 3.01. The first kappa shape index (κ1) is 15.6. The molecule has 23 heavy (non-hydrogen) atoms. The number of carbonyl (C=O) groups is 1. The second kappa shape index (κ2) is 6.43. The molecule has 3 rings (SSSR count). The molecule has 0 saturated carbocycles. The number of aromatic nitrogens is 4. The molecule has 8 nitrogen and oxygen atoms in total. The molecule has 0 radical (unpaired) electrons. The van der Waals surface area contributed by atoms with Gasteiger partial charge in [0.15, 0.2) is 5.82 Å². The van der Waals surface area contributed by atoms with Crippen LogP contribution in [0.1, 0.15) is 22.6 Å². The number of amides is 1. The number of aryl methyl sites for hydroxylation is 1. The van der Waals surface area contributed by atoms with Crippen LogP contribution in [-0.4, -0.2) is 63.4 Å². The molecular formula is C15H20N6O2. The average molecular weight is 316 g/mol. The van der Waals surface area contributed by atoms with Gasteiger partial charge in [-0.1, -0.05) is 6.07 Å². The fraction of sp³-hybridized carbons (Fsp3) is 0.467. The molecule has 2 aromatic rings. The summed E-state index contributed by atoms with van der Waals surface area (Å²) in [5.41, 5.74) is 7.37. The van der Waals surface area contributed by atoms with Gasteiger partial charge in [0.25, 0.3) is 5.91 Å². The predicted octanol–water partition coefficient (Wildman–Crippen LogP) is 0.159. The van der Waals surface area contributed by atoms with Gasteiger partial charge in [0.05, 0.1) is 11.8 Å². The van der Waals surface area contributed by atoms with Gasteiger partial charge in [0.2, 0.25) is 0 Å². The molecule has 1 aromatic carbocycles. The molecule has 1 aliphatic heterocycles. The van der Waals surface area contributed by atoms with E-state index in [4.69, 9.17) is 10.5 Å². The van der Waals surface area contributed by atoms with Crippen molar-refractivity contribution in [2.24, 2.45) is 5.73 Å². The highest BCUT2D eigenvalue weighted by atomic mass is 16.5.